The Morgan fingerprint density at radius 2 is 1.60 bits per heavy atom. The first-order valence-corrected chi connectivity index (χ1v) is 12.9. The molecular formula is C38H31IrN3O-2. The Labute approximate surface area is 284 Å². The minimum Gasteiger partial charge on any atom is -0.486 e. The van der Waals surface area contributed by atoms with Crippen LogP contribution in [0.5, 0.6) is 0 Å². The zero-order valence-electron chi connectivity index (χ0n) is 35.5. The summed E-state index contributed by atoms with van der Waals surface area (Å²) in [6.45, 7) is -7.47. The van der Waals surface area contributed by atoms with E-state index in [0.29, 0.717) is 10.8 Å². The Kier molecular flexibility index (Phi) is 5.61. The van der Waals surface area contributed by atoms with Gasteiger partial charge in [0.2, 0.25) is 5.71 Å². The topological polar surface area (TPSA) is 51.8 Å². The second kappa shape index (κ2) is 13.7. The molecule has 7 aromatic rings. The number of aromatic nitrogens is 3. The van der Waals surface area contributed by atoms with Crippen molar-refractivity contribution < 1.29 is 42.3 Å². The molecule has 0 aliphatic heterocycles. The molecule has 0 aliphatic carbocycles. The predicted octanol–water partition coefficient (Wildman–Crippen LogP) is 9.10. The number of benzene rings is 3. The van der Waals surface area contributed by atoms with Crippen molar-refractivity contribution in [3.8, 4) is 22.5 Å². The van der Waals surface area contributed by atoms with Crippen molar-refractivity contribution in [3.63, 3.8) is 0 Å². The maximum atomic E-state index is 8.62. The van der Waals surface area contributed by atoms with Crippen LogP contribution in [0, 0.1) is 32.7 Å². The van der Waals surface area contributed by atoms with Crippen LogP contribution in [0.3, 0.4) is 0 Å². The third-order valence-corrected chi connectivity index (χ3v) is 6.32. The first-order chi connectivity index (χ1) is 25.7. The molecule has 43 heavy (non-hydrogen) atoms. The summed E-state index contributed by atoms with van der Waals surface area (Å²) in [6.07, 6.45) is -2.50. The summed E-state index contributed by atoms with van der Waals surface area (Å²) >= 11 is 0. The van der Waals surface area contributed by atoms with Crippen LogP contribution in [0.4, 0.5) is 0 Å². The molecular weight excluding hydrogens is 707 g/mol. The summed E-state index contributed by atoms with van der Waals surface area (Å²) in [6, 6.07) is 32.2. The van der Waals surface area contributed by atoms with Gasteiger partial charge in [0.15, 0.2) is 0 Å². The van der Waals surface area contributed by atoms with Gasteiger partial charge >= 0.3 is 0 Å². The molecule has 7 rings (SSSR count). The van der Waals surface area contributed by atoms with Crippen LogP contribution in [-0.4, -0.2) is 15.0 Å². The van der Waals surface area contributed by atoms with E-state index in [-0.39, 0.29) is 70.6 Å². The van der Waals surface area contributed by atoms with Crippen LogP contribution in [0.25, 0.3) is 44.6 Å². The zero-order valence-corrected chi connectivity index (χ0v) is 24.9. The Morgan fingerprint density at radius 3 is 2.37 bits per heavy atom. The second-order valence-electron chi connectivity index (χ2n) is 9.19. The van der Waals surface area contributed by atoms with Gasteiger partial charge in [0, 0.05) is 61.4 Å². The zero-order chi connectivity index (χ0) is 40.0. The standard InChI is InChI=1S/C26H21N2O.C12H10N.Ir/c1-17-15-24(27-16-18(17)2)23-10-6-9-21-22-14-13-20(28-26(22)29-25(21)23)12-11-19-7-4-3-5-8-19;1-10-7-8-12(13-9-10)11-5-3-2-4-6-11;/h3-9,13-16H,11-12H2,1-2H3;2-5,7-9H,1H3;/q2*-1;/i1D3,2D3,11D2,12D2;1D3;. The molecule has 0 atom stereocenters. The number of fused-ring (bicyclic) bond motifs is 3. The van der Waals surface area contributed by atoms with Gasteiger partial charge in [-0.3, -0.25) is 0 Å². The molecule has 0 aliphatic rings. The minimum absolute atomic E-state index is 0. The fourth-order valence-corrected chi connectivity index (χ4v) is 4.24. The van der Waals surface area contributed by atoms with Gasteiger partial charge in [-0.1, -0.05) is 65.0 Å². The summed E-state index contributed by atoms with van der Waals surface area (Å²) in [4.78, 5) is 12.7. The summed E-state index contributed by atoms with van der Waals surface area (Å²) in [7, 11) is 0. The third kappa shape index (κ3) is 6.97. The maximum absolute atomic E-state index is 8.62. The predicted molar refractivity (Wildman–Crippen MR) is 170 cm³/mol. The normalized spacial score (nSPS) is 16.7. The van der Waals surface area contributed by atoms with E-state index < -0.39 is 33.3 Å². The van der Waals surface area contributed by atoms with Gasteiger partial charge < -0.3 is 14.4 Å². The number of aryl methyl sites for hydroxylation is 5. The quantitative estimate of drug-likeness (QED) is 0.165. The number of hydrogen-bond acceptors (Lipinski definition) is 4. The SMILES string of the molecule is [2H]C([2H])([2H])c1ccc(-c2[c-]cccc2)nc1.[2H]C([2H])([2H])c1cnc(-c2[c-]ccc3c2oc2nc(C([2H])([2H])C([2H])([2H])c4ccccc4)ccc23)cc1C([2H])([2H])[2H].[Ir]. The van der Waals surface area contributed by atoms with Crippen LogP contribution in [-0.2, 0) is 32.9 Å². The molecule has 0 bridgehead atoms. The van der Waals surface area contributed by atoms with E-state index >= 15 is 0 Å². The average Bonchev–Trinajstić information content (AvgIpc) is 3.53. The third-order valence-electron chi connectivity index (χ3n) is 6.32. The molecule has 4 nitrogen and oxygen atoms in total. The molecule has 0 saturated heterocycles. The van der Waals surface area contributed by atoms with Gasteiger partial charge in [-0.05, 0) is 73.5 Å². The Hall–Kier alpha value is -4.44. The molecule has 0 fully saturated rings. The number of pyridine rings is 3. The molecule has 0 spiro atoms. The average molecular weight is 751 g/mol. The maximum Gasteiger partial charge on any atom is 0.216 e. The molecule has 3 aromatic carbocycles. The molecule has 0 N–H and O–H groups in total. The van der Waals surface area contributed by atoms with Crippen molar-refractivity contribution in [2.45, 2.75) is 33.3 Å². The van der Waals surface area contributed by atoms with Crippen LogP contribution < -0.4 is 0 Å². The summed E-state index contributed by atoms with van der Waals surface area (Å²) in [5, 5.41) is 1.09. The Morgan fingerprint density at radius 1 is 0.744 bits per heavy atom. The van der Waals surface area contributed by atoms with Crippen molar-refractivity contribution in [3.05, 3.63) is 150 Å². The van der Waals surface area contributed by atoms with Crippen LogP contribution in [0.15, 0.2) is 114 Å². The van der Waals surface area contributed by atoms with Crippen LogP contribution in [0.2, 0.25) is 0 Å². The van der Waals surface area contributed by atoms with Gasteiger partial charge in [-0.2, -0.15) is 0 Å². The minimum atomic E-state index is -2.71. The van der Waals surface area contributed by atoms with E-state index in [1.807, 2.05) is 18.2 Å². The van der Waals surface area contributed by atoms with Crippen molar-refractivity contribution in [2.24, 2.45) is 0 Å². The van der Waals surface area contributed by atoms with E-state index in [0.717, 1.165) is 17.5 Å². The van der Waals surface area contributed by atoms with Gasteiger partial charge in [0.05, 0.1) is 5.58 Å². The Bertz CT molecular complexity index is 2450. The summed E-state index contributed by atoms with van der Waals surface area (Å²) in [5.41, 5.74) is 1.82. The number of rotatable bonds is 5. The van der Waals surface area contributed by atoms with E-state index in [9.17, 15) is 0 Å². The second-order valence-corrected chi connectivity index (χ2v) is 9.19. The molecule has 0 unspecified atom stereocenters. The molecule has 4 aromatic heterocycles. The van der Waals surface area contributed by atoms with Gasteiger partial charge in [-0.15, -0.1) is 54.1 Å². The van der Waals surface area contributed by atoms with E-state index in [4.69, 9.17) is 22.2 Å². The Balaban J connectivity index is 0.000000295. The smallest absolute Gasteiger partial charge is 0.216 e. The first kappa shape index (κ1) is 17.6. The molecule has 0 amide bonds. The van der Waals surface area contributed by atoms with E-state index in [2.05, 4.69) is 27.1 Å². The fourth-order valence-electron chi connectivity index (χ4n) is 4.24. The number of hydrogen-bond donors (Lipinski definition) is 0. The van der Waals surface area contributed by atoms with Crippen molar-refractivity contribution in [1.29, 1.82) is 0 Å². The van der Waals surface area contributed by atoms with Gasteiger partial charge in [0.1, 0.15) is 0 Å². The van der Waals surface area contributed by atoms with E-state index in [1.165, 1.54) is 30.5 Å². The van der Waals surface area contributed by atoms with Crippen molar-refractivity contribution in [2.75, 3.05) is 0 Å². The van der Waals surface area contributed by atoms with Gasteiger partial charge in [0.25, 0.3) is 0 Å². The number of nitrogens with zero attached hydrogens (tertiary/aromatic N) is 3. The van der Waals surface area contributed by atoms with E-state index in [1.54, 1.807) is 54.6 Å². The monoisotopic (exact) mass is 751 g/mol. The van der Waals surface area contributed by atoms with Crippen molar-refractivity contribution >= 4 is 22.1 Å². The summed E-state index contributed by atoms with van der Waals surface area (Å²) in [5.74, 6) is 0. The molecule has 1 radical (unpaired) electrons. The molecule has 5 heteroatoms. The number of furan rings is 1. The molecule has 0 saturated carbocycles. The largest absolute Gasteiger partial charge is 0.486 e. The fraction of sp³-hybridized carbons (Fsp3) is 0.132. The van der Waals surface area contributed by atoms with Crippen LogP contribution >= 0.6 is 0 Å². The first-order valence-electron chi connectivity index (χ1n) is 19.4. The summed E-state index contributed by atoms with van der Waals surface area (Å²) < 4.78 is 109. The van der Waals surface area contributed by atoms with Crippen molar-refractivity contribution in [1.82, 2.24) is 15.0 Å². The molecule has 215 valence electrons. The molecule has 4 heterocycles. The van der Waals surface area contributed by atoms with Gasteiger partial charge in [-0.25, -0.2) is 4.98 Å². The van der Waals surface area contributed by atoms with Crippen LogP contribution in [0.1, 0.15) is 45.8 Å².